The van der Waals surface area contributed by atoms with Crippen molar-refractivity contribution in [2.24, 2.45) is 5.73 Å². The highest BCUT2D eigenvalue weighted by atomic mass is 16.1. The summed E-state index contributed by atoms with van der Waals surface area (Å²) in [5, 5.41) is 0. The van der Waals surface area contributed by atoms with E-state index in [1.165, 1.54) is 16.7 Å². The van der Waals surface area contributed by atoms with E-state index in [0.717, 1.165) is 19.5 Å². The van der Waals surface area contributed by atoms with Gasteiger partial charge in [-0.15, -0.1) is 0 Å². The molecule has 2 atom stereocenters. The number of piperidine rings is 1. The molecule has 1 aliphatic heterocycles. The van der Waals surface area contributed by atoms with Crippen LogP contribution in [-0.4, -0.2) is 29.9 Å². The molecule has 1 heterocycles. The minimum Gasteiger partial charge on any atom is -0.368 e. The number of likely N-dealkylation sites (tertiary alicyclic amines) is 1. The van der Waals surface area contributed by atoms with Crippen LogP contribution in [0.25, 0.3) is 11.1 Å². The summed E-state index contributed by atoms with van der Waals surface area (Å²) >= 11 is 0. The Morgan fingerprint density at radius 3 is 2.35 bits per heavy atom. The van der Waals surface area contributed by atoms with Gasteiger partial charge in [-0.05, 0) is 48.5 Å². The number of nitrogens with two attached hydrogens (primary N) is 1. The number of carbonyl (C=O) groups excluding carboxylic acids is 1. The van der Waals surface area contributed by atoms with Crippen LogP contribution < -0.4 is 5.73 Å². The van der Waals surface area contributed by atoms with Crippen molar-refractivity contribution in [3.05, 3.63) is 66.6 Å². The Morgan fingerprint density at radius 2 is 1.74 bits per heavy atom. The third-order valence-corrected chi connectivity index (χ3v) is 4.68. The normalized spacial score (nSPS) is 22.0. The minimum absolute atomic E-state index is 0.252. The highest BCUT2D eigenvalue weighted by Gasteiger charge is 2.32. The van der Waals surface area contributed by atoms with Crippen molar-refractivity contribution in [1.82, 2.24) is 4.90 Å². The number of benzene rings is 2. The number of hydrogen-bond acceptors (Lipinski definition) is 2. The number of rotatable bonds is 4. The number of nitrogens with zero attached hydrogens (tertiary/aromatic N) is 1. The fourth-order valence-corrected chi connectivity index (χ4v) is 3.34. The van der Waals surface area contributed by atoms with Crippen molar-refractivity contribution >= 4 is 5.91 Å². The van der Waals surface area contributed by atoms with Crippen LogP contribution in [0.15, 0.2) is 54.6 Å². The van der Waals surface area contributed by atoms with Crippen LogP contribution in [0.4, 0.5) is 0 Å². The maximum Gasteiger partial charge on any atom is 0.235 e. The van der Waals surface area contributed by atoms with Crippen molar-refractivity contribution in [2.45, 2.75) is 25.3 Å². The Kier molecular flexibility index (Phi) is 4.77. The summed E-state index contributed by atoms with van der Waals surface area (Å²) in [6, 6.07) is 18.8. The van der Waals surface area contributed by atoms with Crippen LogP contribution in [-0.2, 0) is 4.79 Å². The van der Waals surface area contributed by atoms with E-state index in [-0.39, 0.29) is 11.9 Å². The summed E-state index contributed by atoms with van der Waals surface area (Å²) in [4.78, 5) is 13.8. The topological polar surface area (TPSA) is 46.3 Å². The van der Waals surface area contributed by atoms with Crippen LogP contribution in [0.5, 0.6) is 0 Å². The lowest BCUT2D eigenvalue weighted by atomic mass is 9.84. The first-order valence-electron chi connectivity index (χ1n) is 8.22. The molecular formula is C20H23N2O. The largest absolute Gasteiger partial charge is 0.368 e. The van der Waals surface area contributed by atoms with Gasteiger partial charge in [0.15, 0.2) is 0 Å². The van der Waals surface area contributed by atoms with Crippen molar-refractivity contribution in [1.29, 1.82) is 0 Å². The summed E-state index contributed by atoms with van der Waals surface area (Å²) in [5.74, 6) is 0.0394. The quantitative estimate of drug-likeness (QED) is 0.942. The third kappa shape index (κ3) is 3.45. The highest BCUT2D eigenvalue weighted by molar-refractivity contribution is 5.81. The molecule has 0 unspecified atom stereocenters. The smallest absolute Gasteiger partial charge is 0.235 e. The van der Waals surface area contributed by atoms with Gasteiger partial charge in [0.2, 0.25) is 5.91 Å². The van der Waals surface area contributed by atoms with Gasteiger partial charge in [0.05, 0.1) is 6.04 Å². The minimum atomic E-state index is -0.257. The summed E-state index contributed by atoms with van der Waals surface area (Å²) in [6.07, 6.45) is 3.13. The van der Waals surface area contributed by atoms with E-state index in [2.05, 4.69) is 66.8 Å². The van der Waals surface area contributed by atoms with Crippen LogP contribution in [0, 0.1) is 6.42 Å². The standard InChI is InChI=1S/C20H23N2O/c1-2-22-13-12-18(14-19(22)20(21)23)17-10-8-16(9-11-17)15-6-4-3-5-7-15/h3-11,14,18-19H,2,12-13H2,1H3,(H2,21,23)/t18-,19-/m0/s1. The second-order valence-electron chi connectivity index (χ2n) is 6.05. The fourth-order valence-electron chi connectivity index (χ4n) is 3.34. The molecule has 119 valence electrons. The Balaban J connectivity index is 1.76. The van der Waals surface area contributed by atoms with E-state index < -0.39 is 0 Å². The lowest BCUT2D eigenvalue weighted by Gasteiger charge is -2.37. The molecule has 0 aliphatic carbocycles. The second-order valence-corrected chi connectivity index (χ2v) is 6.05. The van der Waals surface area contributed by atoms with Gasteiger partial charge in [-0.2, -0.15) is 0 Å². The molecule has 1 radical (unpaired) electrons. The number of likely N-dealkylation sites (N-methyl/N-ethyl adjacent to an activating group) is 1. The summed E-state index contributed by atoms with van der Waals surface area (Å²) in [6.45, 7) is 3.83. The highest BCUT2D eigenvalue weighted by Crippen LogP contribution is 2.32. The molecule has 2 aromatic rings. The van der Waals surface area contributed by atoms with Gasteiger partial charge in [-0.3, -0.25) is 9.69 Å². The zero-order chi connectivity index (χ0) is 16.2. The van der Waals surface area contributed by atoms with Crippen molar-refractivity contribution < 1.29 is 4.79 Å². The average molecular weight is 307 g/mol. The molecular weight excluding hydrogens is 284 g/mol. The van der Waals surface area contributed by atoms with E-state index in [9.17, 15) is 4.79 Å². The Morgan fingerprint density at radius 1 is 1.09 bits per heavy atom. The zero-order valence-electron chi connectivity index (χ0n) is 13.5. The summed E-state index contributed by atoms with van der Waals surface area (Å²) < 4.78 is 0. The second kappa shape index (κ2) is 6.97. The van der Waals surface area contributed by atoms with E-state index in [1.54, 1.807) is 0 Å². The molecule has 2 N–H and O–H groups in total. The number of primary amides is 1. The fraction of sp³-hybridized carbons (Fsp3) is 0.300. The molecule has 1 aliphatic rings. The third-order valence-electron chi connectivity index (χ3n) is 4.68. The molecule has 1 fully saturated rings. The van der Waals surface area contributed by atoms with Gasteiger partial charge in [-0.25, -0.2) is 0 Å². The first-order chi connectivity index (χ1) is 11.2. The van der Waals surface area contributed by atoms with Gasteiger partial charge >= 0.3 is 0 Å². The molecule has 0 aromatic heterocycles. The van der Waals surface area contributed by atoms with E-state index >= 15 is 0 Å². The monoisotopic (exact) mass is 307 g/mol. The van der Waals surface area contributed by atoms with E-state index in [1.807, 2.05) is 6.07 Å². The average Bonchev–Trinajstić information content (AvgIpc) is 2.62. The first-order valence-corrected chi connectivity index (χ1v) is 8.22. The summed E-state index contributed by atoms with van der Waals surface area (Å²) in [7, 11) is 0. The lowest BCUT2D eigenvalue weighted by Crippen LogP contribution is -2.49. The van der Waals surface area contributed by atoms with Crippen molar-refractivity contribution in [3.8, 4) is 11.1 Å². The maximum absolute atomic E-state index is 11.7. The Hall–Kier alpha value is -2.13. The molecule has 0 saturated carbocycles. The van der Waals surface area contributed by atoms with Crippen LogP contribution in [0.3, 0.4) is 0 Å². The molecule has 0 bridgehead atoms. The molecule has 1 saturated heterocycles. The molecule has 3 nitrogen and oxygen atoms in total. The molecule has 3 rings (SSSR count). The van der Waals surface area contributed by atoms with Gasteiger partial charge < -0.3 is 5.73 Å². The number of amides is 1. The van der Waals surface area contributed by atoms with Crippen LogP contribution in [0.2, 0.25) is 0 Å². The van der Waals surface area contributed by atoms with E-state index in [4.69, 9.17) is 5.73 Å². The predicted molar refractivity (Wildman–Crippen MR) is 93.8 cm³/mol. The lowest BCUT2D eigenvalue weighted by molar-refractivity contribution is -0.122. The molecule has 23 heavy (non-hydrogen) atoms. The Labute approximate surface area is 138 Å². The Bertz CT molecular complexity index is 651. The van der Waals surface area contributed by atoms with Gasteiger partial charge in [-0.1, -0.05) is 61.5 Å². The SMILES string of the molecule is CCN1CC[C@H](c2ccc(-c3ccccc3)cc2)[CH][C@H]1C(N)=O. The first kappa shape index (κ1) is 15.8. The zero-order valence-corrected chi connectivity index (χ0v) is 13.5. The maximum atomic E-state index is 11.7. The molecule has 3 heteroatoms. The van der Waals surface area contributed by atoms with Gasteiger partial charge in [0.25, 0.3) is 0 Å². The van der Waals surface area contributed by atoms with Crippen molar-refractivity contribution in [3.63, 3.8) is 0 Å². The number of carbonyl (C=O) groups is 1. The van der Waals surface area contributed by atoms with Gasteiger partial charge in [0.1, 0.15) is 0 Å². The molecule has 0 spiro atoms. The predicted octanol–water partition coefficient (Wildman–Crippen LogP) is 3.22. The van der Waals surface area contributed by atoms with Crippen molar-refractivity contribution in [2.75, 3.05) is 13.1 Å². The van der Waals surface area contributed by atoms with Crippen LogP contribution >= 0.6 is 0 Å². The van der Waals surface area contributed by atoms with Crippen LogP contribution in [0.1, 0.15) is 24.8 Å². The van der Waals surface area contributed by atoms with Gasteiger partial charge in [0, 0.05) is 0 Å². The van der Waals surface area contributed by atoms with E-state index in [0.29, 0.717) is 5.92 Å². The summed E-state index contributed by atoms with van der Waals surface area (Å²) in [5.41, 5.74) is 9.25. The molecule has 2 aromatic carbocycles. The molecule has 1 amide bonds. The number of hydrogen-bond donors (Lipinski definition) is 1.